The zero-order valence-electron chi connectivity index (χ0n) is 10.4. The lowest BCUT2D eigenvalue weighted by Crippen LogP contribution is -2.57. The van der Waals surface area contributed by atoms with Gasteiger partial charge in [0.15, 0.2) is 0 Å². The summed E-state index contributed by atoms with van der Waals surface area (Å²) in [6, 6.07) is 7.85. The summed E-state index contributed by atoms with van der Waals surface area (Å²) in [4.78, 5) is 11.5. The first-order valence-electron chi connectivity index (χ1n) is 6.14. The first kappa shape index (κ1) is 13.7. The predicted octanol–water partition coefficient (Wildman–Crippen LogP) is 1.91. The van der Waals surface area contributed by atoms with Crippen LogP contribution in [0.25, 0.3) is 0 Å². The number of alkyl carbamates (subject to hydrolysis) is 1. The van der Waals surface area contributed by atoms with Crippen molar-refractivity contribution in [3.8, 4) is 0 Å². The summed E-state index contributed by atoms with van der Waals surface area (Å²) in [5.74, 6) is -2.89. The van der Waals surface area contributed by atoms with Crippen LogP contribution in [0.1, 0.15) is 12.0 Å². The van der Waals surface area contributed by atoms with Crippen LogP contribution in [0.3, 0.4) is 0 Å². The van der Waals surface area contributed by atoms with Crippen molar-refractivity contribution in [2.75, 3.05) is 13.1 Å². The molecule has 2 rings (SSSR count). The molecule has 1 atom stereocenters. The van der Waals surface area contributed by atoms with Gasteiger partial charge in [-0.3, -0.25) is 0 Å². The number of amides is 1. The topological polar surface area (TPSA) is 50.4 Å². The molecular formula is C13H16F2N2O2. The van der Waals surface area contributed by atoms with Crippen LogP contribution >= 0.6 is 0 Å². The third-order valence-corrected chi connectivity index (χ3v) is 3.00. The van der Waals surface area contributed by atoms with Crippen LogP contribution in [0, 0.1) is 0 Å². The zero-order valence-corrected chi connectivity index (χ0v) is 10.4. The summed E-state index contributed by atoms with van der Waals surface area (Å²) in [6.07, 6.45) is -1.10. The minimum Gasteiger partial charge on any atom is -0.445 e. The normalized spacial score (nSPS) is 21.7. The average Bonchev–Trinajstić information content (AvgIpc) is 2.40. The Morgan fingerprint density at radius 1 is 1.42 bits per heavy atom. The third-order valence-electron chi connectivity index (χ3n) is 3.00. The van der Waals surface area contributed by atoms with E-state index in [1.165, 1.54) is 0 Å². The van der Waals surface area contributed by atoms with Gasteiger partial charge in [-0.2, -0.15) is 0 Å². The Labute approximate surface area is 110 Å². The van der Waals surface area contributed by atoms with Gasteiger partial charge >= 0.3 is 6.09 Å². The van der Waals surface area contributed by atoms with Gasteiger partial charge in [0.1, 0.15) is 12.6 Å². The fraction of sp³-hybridized carbons (Fsp3) is 0.462. The summed E-state index contributed by atoms with van der Waals surface area (Å²) in [7, 11) is 0. The molecule has 2 N–H and O–H groups in total. The van der Waals surface area contributed by atoms with Gasteiger partial charge in [-0.05, 0) is 5.56 Å². The van der Waals surface area contributed by atoms with Gasteiger partial charge in [0, 0.05) is 19.5 Å². The lowest BCUT2D eigenvalue weighted by molar-refractivity contribution is -0.0559. The van der Waals surface area contributed by atoms with Crippen LogP contribution in [-0.2, 0) is 11.3 Å². The Morgan fingerprint density at radius 3 is 2.84 bits per heavy atom. The Bertz CT molecular complexity index is 426. The maximum Gasteiger partial charge on any atom is 0.407 e. The second kappa shape index (κ2) is 5.97. The Balaban J connectivity index is 1.81. The number of alkyl halides is 2. The number of nitrogens with one attached hydrogen (secondary N) is 2. The fourth-order valence-electron chi connectivity index (χ4n) is 1.89. The number of benzene rings is 1. The standard InChI is InChI=1S/C13H16F2N2O2/c14-13(15)6-7-16-8-11(13)17-12(18)19-9-10-4-2-1-3-5-10/h1-5,11,16H,6-9H2,(H,17,18)/t11-/m1/s1. The highest BCUT2D eigenvalue weighted by Gasteiger charge is 2.42. The van der Waals surface area contributed by atoms with E-state index in [-0.39, 0.29) is 26.1 Å². The maximum absolute atomic E-state index is 13.5. The fourth-order valence-corrected chi connectivity index (χ4v) is 1.89. The molecule has 1 fully saturated rings. The second-order valence-electron chi connectivity index (χ2n) is 4.47. The Hall–Kier alpha value is -1.69. The van der Waals surface area contributed by atoms with Crippen LogP contribution < -0.4 is 10.6 Å². The number of carbonyl (C=O) groups excluding carboxylic acids is 1. The van der Waals surface area contributed by atoms with E-state index in [0.29, 0.717) is 0 Å². The maximum atomic E-state index is 13.5. The highest BCUT2D eigenvalue weighted by molar-refractivity contribution is 5.67. The predicted molar refractivity (Wildman–Crippen MR) is 66.0 cm³/mol. The van der Waals surface area contributed by atoms with Crippen LogP contribution in [0.4, 0.5) is 13.6 Å². The van der Waals surface area contributed by atoms with E-state index < -0.39 is 18.1 Å². The molecule has 1 aromatic rings. The lowest BCUT2D eigenvalue weighted by Gasteiger charge is -2.31. The monoisotopic (exact) mass is 270 g/mol. The zero-order chi connectivity index (χ0) is 13.7. The molecule has 0 unspecified atom stereocenters. The SMILES string of the molecule is O=C(N[C@@H]1CNCCC1(F)F)OCc1ccccc1. The molecule has 0 bridgehead atoms. The molecule has 0 aromatic heterocycles. The Kier molecular flexibility index (Phi) is 4.31. The van der Waals surface area contributed by atoms with E-state index >= 15 is 0 Å². The summed E-state index contributed by atoms with van der Waals surface area (Å²) in [5.41, 5.74) is 0.811. The van der Waals surface area contributed by atoms with Crippen molar-refractivity contribution in [2.24, 2.45) is 0 Å². The number of carbonyl (C=O) groups is 1. The molecule has 0 saturated carbocycles. The van der Waals surface area contributed by atoms with Gasteiger partial charge in [-0.1, -0.05) is 30.3 Å². The number of hydrogen-bond donors (Lipinski definition) is 2. The number of rotatable bonds is 3. The highest BCUT2D eigenvalue weighted by Crippen LogP contribution is 2.25. The van der Waals surface area contributed by atoms with Crippen molar-refractivity contribution in [2.45, 2.75) is 25.0 Å². The quantitative estimate of drug-likeness (QED) is 0.882. The first-order chi connectivity index (χ1) is 9.08. The van der Waals surface area contributed by atoms with Crippen LogP contribution in [0.2, 0.25) is 0 Å². The second-order valence-corrected chi connectivity index (χ2v) is 4.47. The molecule has 0 aliphatic carbocycles. The van der Waals surface area contributed by atoms with Crippen LogP contribution in [0.15, 0.2) is 30.3 Å². The summed E-state index contributed by atoms with van der Waals surface area (Å²) >= 11 is 0. The molecule has 1 aliphatic rings. The smallest absolute Gasteiger partial charge is 0.407 e. The van der Waals surface area contributed by atoms with Gasteiger partial charge in [0.2, 0.25) is 0 Å². The number of piperidine rings is 1. The van der Waals surface area contributed by atoms with Gasteiger partial charge in [0.05, 0.1) is 0 Å². The molecular weight excluding hydrogens is 254 g/mol. The van der Waals surface area contributed by atoms with Gasteiger partial charge < -0.3 is 15.4 Å². The minimum atomic E-state index is -2.89. The van der Waals surface area contributed by atoms with E-state index in [0.717, 1.165) is 5.56 Å². The number of halogens is 2. The lowest BCUT2D eigenvalue weighted by atomic mass is 10.0. The van der Waals surface area contributed by atoms with Crippen molar-refractivity contribution < 1.29 is 18.3 Å². The van der Waals surface area contributed by atoms with E-state index in [1.807, 2.05) is 18.2 Å². The van der Waals surface area contributed by atoms with Crippen molar-refractivity contribution in [1.82, 2.24) is 10.6 Å². The van der Waals surface area contributed by atoms with Gasteiger partial charge in [-0.15, -0.1) is 0 Å². The highest BCUT2D eigenvalue weighted by atomic mass is 19.3. The largest absolute Gasteiger partial charge is 0.445 e. The van der Waals surface area contributed by atoms with Gasteiger partial charge in [0.25, 0.3) is 5.92 Å². The summed E-state index contributed by atoms with van der Waals surface area (Å²) in [6.45, 7) is 0.371. The summed E-state index contributed by atoms with van der Waals surface area (Å²) < 4.78 is 31.9. The molecule has 19 heavy (non-hydrogen) atoms. The van der Waals surface area contributed by atoms with Crippen molar-refractivity contribution in [1.29, 1.82) is 0 Å². The van der Waals surface area contributed by atoms with Gasteiger partial charge in [-0.25, -0.2) is 13.6 Å². The molecule has 1 saturated heterocycles. The van der Waals surface area contributed by atoms with Crippen molar-refractivity contribution >= 4 is 6.09 Å². The molecule has 104 valence electrons. The molecule has 1 amide bonds. The van der Waals surface area contributed by atoms with E-state index in [2.05, 4.69) is 10.6 Å². The van der Waals surface area contributed by atoms with Crippen molar-refractivity contribution in [3.05, 3.63) is 35.9 Å². The van der Waals surface area contributed by atoms with Crippen LogP contribution in [0.5, 0.6) is 0 Å². The van der Waals surface area contributed by atoms with Crippen LogP contribution in [-0.4, -0.2) is 31.1 Å². The van der Waals surface area contributed by atoms with E-state index in [1.54, 1.807) is 12.1 Å². The van der Waals surface area contributed by atoms with E-state index in [4.69, 9.17) is 4.74 Å². The number of hydrogen-bond acceptors (Lipinski definition) is 3. The number of ether oxygens (including phenoxy) is 1. The molecule has 1 aromatic carbocycles. The molecule has 0 radical (unpaired) electrons. The van der Waals surface area contributed by atoms with E-state index in [9.17, 15) is 13.6 Å². The molecule has 0 spiro atoms. The van der Waals surface area contributed by atoms with Crippen molar-refractivity contribution in [3.63, 3.8) is 0 Å². The molecule has 6 heteroatoms. The summed E-state index contributed by atoms with van der Waals surface area (Å²) in [5, 5.41) is 5.03. The molecule has 1 aliphatic heterocycles. The molecule has 1 heterocycles. The third kappa shape index (κ3) is 3.89. The first-order valence-corrected chi connectivity index (χ1v) is 6.14. The average molecular weight is 270 g/mol. The molecule has 4 nitrogen and oxygen atoms in total. The Morgan fingerprint density at radius 2 is 2.16 bits per heavy atom. The minimum absolute atomic E-state index is 0.0490.